The van der Waals surface area contributed by atoms with Crippen molar-refractivity contribution in [3.63, 3.8) is 0 Å². The first-order valence-electron chi connectivity index (χ1n) is 9.36. The van der Waals surface area contributed by atoms with E-state index in [1.807, 2.05) is 30.3 Å². The third kappa shape index (κ3) is 3.59. The van der Waals surface area contributed by atoms with Gasteiger partial charge in [0.15, 0.2) is 0 Å². The number of aromatic nitrogens is 2. The second kappa shape index (κ2) is 8.28. The van der Waals surface area contributed by atoms with Crippen LogP contribution in [0.5, 0.6) is 5.75 Å². The third-order valence-corrected chi connectivity index (χ3v) is 4.96. The number of halogens is 1. The van der Waals surface area contributed by atoms with Crippen LogP contribution in [0.4, 0.5) is 10.1 Å². The Morgan fingerprint density at radius 2 is 1.83 bits per heavy atom. The van der Waals surface area contributed by atoms with Crippen LogP contribution in [0.3, 0.4) is 0 Å². The number of rotatable bonds is 5. The Hall–Kier alpha value is -3.81. The number of anilines is 1. The predicted molar refractivity (Wildman–Crippen MR) is 108 cm³/mol. The summed E-state index contributed by atoms with van der Waals surface area (Å²) in [5, 5.41) is 5.25. The molecule has 7 nitrogen and oxygen atoms in total. The lowest BCUT2D eigenvalue weighted by Gasteiger charge is -2.16. The Morgan fingerprint density at radius 1 is 1.10 bits per heavy atom. The largest absolute Gasteiger partial charge is 0.486 e. The summed E-state index contributed by atoms with van der Waals surface area (Å²) in [6, 6.07) is 12.4. The molecule has 1 unspecified atom stereocenters. The zero-order valence-electron chi connectivity index (χ0n) is 16.1. The average molecular weight is 406 g/mol. The van der Waals surface area contributed by atoms with Crippen LogP contribution in [0, 0.1) is 0 Å². The predicted octanol–water partition coefficient (Wildman–Crippen LogP) is 2.95. The minimum absolute atomic E-state index is 0.182. The Balaban J connectivity index is 1.81. The van der Waals surface area contributed by atoms with Crippen molar-refractivity contribution in [3.8, 4) is 5.75 Å². The SMILES string of the molecule is CNC(=O)c1cc(C(=O)Nc2cncnc2)cc2c1O[C@@H](CF)C2c1ccccc1. The van der Waals surface area contributed by atoms with Gasteiger partial charge in [-0.25, -0.2) is 14.4 Å². The van der Waals surface area contributed by atoms with Gasteiger partial charge in [0.25, 0.3) is 11.8 Å². The summed E-state index contributed by atoms with van der Waals surface area (Å²) in [6.07, 6.45) is 3.50. The molecule has 0 spiro atoms. The number of nitrogens with one attached hydrogen (secondary N) is 2. The number of carbonyl (C=O) groups excluding carboxylic acids is 2. The molecule has 1 aliphatic rings. The van der Waals surface area contributed by atoms with Gasteiger partial charge in [0.05, 0.1) is 29.6 Å². The standard InChI is InChI=1S/C22H19FN4O3/c1-24-22(29)17-8-14(21(28)27-15-10-25-12-26-11-15)7-16-19(13-5-3-2-4-6-13)18(9-23)30-20(16)17/h2-8,10-12,18-19H,9H2,1H3,(H,24,29)(H,27,28)/t18-,19?/m0/s1. The Bertz CT molecular complexity index is 1080. The molecule has 0 fully saturated rings. The van der Waals surface area contributed by atoms with Gasteiger partial charge in [0, 0.05) is 18.2 Å². The second-order valence-corrected chi connectivity index (χ2v) is 6.80. The summed E-state index contributed by atoms with van der Waals surface area (Å²) >= 11 is 0. The van der Waals surface area contributed by atoms with E-state index in [0.717, 1.165) is 5.56 Å². The number of carbonyl (C=O) groups is 2. The molecular weight excluding hydrogens is 387 g/mol. The van der Waals surface area contributed by atoms with Crippen LogP contribution in [0.2, 0.25) is 0 Å². The molecule has 2 heterocycles. The van der Waals surface area contributed by atoms with Crippen LogP contribution >= 0.6 is 0 Å². The van der Waals surface area contributed by atoms with Crippen molar-refractivity contribution in [3.05, 3.63) is 83.4 Å². The van der Waals surface area contributed by atoms with Crippen LogP contribution in [0.25, 0.3) is 0 Å². The van der Waals surface area contributed by atoms with E-state index < -0.39 is 30.5 Å². The van der Waals surface area contributed by atoms with Crippen molar-refractivity contribution in [2.45, 2.75) is 12.0 Å². The number of amides is 2. The van der Waals surface area contributed by atoms with Crippen molar-refractivity contribution in [1.82, 2.24) is 15.3 Å². The maximum atomic E-state index is 13.8. The highest BCUT2D eigenvalue weighted by molar-refractivity contribution is 6.07. The van der Waals surface area contributed by atoms with E-state index in [2.05, 4.69) is 20.6 Å². The van der Waals surface area contributed by atoms with Crippen LogP contribution in [0.15, 0.2) is 61.2 Å². The fourth-order valence-electron chi connectivity index (χ4n) is 3.61. The van der Waals surface area contributed by atoms with Crippen LogP contribution in [0.1, 0.15) is 37.8 Å². The first-order chi connectivity index (χ1) is 14.6. The maximum absolute atomic E-state index is 13.8. The Kier molecular flexibility index (Phi) is 5.38. The van der Waals surface area contributed by atoms with Gasteiger partial charge < -0.3 is 15.4 Å². The quantitative estimate of drug-likeness (QED) is 0.680. The summed E-state index contributed by atoms with van der Waals surface area (Å²) in [6.45, 7) is -0.732. The Labute approximate surface area is 172 Å². The molecule has 1 aliphatic heterocycles. The van der Waals surface area contributed by atoms with E-state index in [9.17, 15) is 14.0 Å². The van der Waals surface area contributed by atoms with Gasteiger partial charge >= 0.3 is 0 Å². The van der Waals surface area contributed by atoms with Gasteiger partial charge in [-0.05, 0) is 17.7 Å². The summed E-state index contributed by atoms with van der Waals surface area (Å²) in [5.74, 6) is -1.00. The summed E-state index contributed by atoms with van der Waals surface area (Å²) in [5.41, 5.74) is 2.29. The van der Waals surface area contributed by atoms with Crippen molar-refractivity contribution in [1.29, 1.82) is 0 Å². The molecule has 2 atom stereocenters. The van der Waals surface area contributed by atoms with E-state index in [-0.39, 0.29) is 11.1 Å². The third-order valence-electron chi connectivity index (χ3n) is 4.96. The van der Waals surface area contributed by atoms with E-state index >= 15 is 0 Å². The molecule has 0 bridgehead atoms. The zero-order valence-corrected chi connectivity index (χ0v) is 16.1. The number of ether oxygens (including phenoxy) is 1. The molecule has 2 amide bonds. The average Bonchev–Trinajstić information content (AvgIpc) is 3.17. The highest BCUT2D eigenvalue weighted by atomic mass is 19.1. The van der Waals surface area contributed by atoms with E-state index in [0.29, 0.717) is 17.0 Å². The summed E-state index contributed by atoms with van der Waals surface area (Å²) in [7, 11) is 1.49. The molecule has 2 aromatic carbocycles. The number of nitrogens with zero attached hydrogens (tertiary/aromatic N) is 2. The van der Waals surface area contributed by atoms with Crippen molar-refractivity contribution < 1.29 is 18.7 Å². The van der Waals surface area contributed by atoms with E-state index in [1.165, 1.54) is 31.8 Å². The van der Waals surface area contributed by atoms with Gasteiger partial charge in [0.1, 0.15) is 24.9 Å². The minimum atomic E-state index is -0.786. The lowest BCUT2D eigenvalue weighted by molar-refractivity contribution is 0.0955. The molecule has 0 saturated heterocycles. The van der Waals surface area contributed by atoms with Gasteiger partial charge in [-0.15, -0.1) is 0 Å². The number of hydrogen-bond donors (Lipinski definition) is 2. The fraction of sp³-hybridized carbons (Fsp3) is 0.182. The summed E-state index contributed by atoms with van der Waals surface area (Å²) < 4.78 is 19.7. The monoisotopic (exact) mass is 406 g/mol. The number of fused-ring (bicyclic) bond motifs is 1. The van der Waals surface area contributed by atoms with Crippen LogP contribution in [-0.4, -0.2) is 41.6 Å². The lowest BCUT2D eigenvalue weighted by atomic mass is 9.86. The van der Waals surface area contributed by atoms with E-state index in [1.54, 1.807) is 6.07 Å². The zero-order chi connectivity index (χ0) is 21.1. The summed E-state index contributed by atoms with van der Waals surface area (Å²) in [4.78, 5) is 33.1. The fourth-order valence-corrected chi connectivity index (χ4v) is 3.61. The topological polar surface area (TPSA) is 93.2 Å². The maximum Gasteiger partial charge on any atom is 0.255 e. The first kappa shape index (κ1) is 19.5. The van der Waals surface area contributed by atoms with Crippen LogP contribution in [-0.2, 0) is 0 Å². The van der Waals surface area contributed by atoms with Gasteiger partial charge in [-0.2, -0.15) is 0 Å². The molecule has 0 aliphatic carbocycles. The van der Waals surface area contributed by atoms with E-state index in [4.69, 9.17) is 4.74 Å². The van der Waals surface area contributed by atoms with Crippen LogP contribution < -0.4 is 15.4 Å². The van der Waals surface area contributed by atoms with Crippen molar-refractivity contribution >= 4 is 17.5 Å². The molecule has 1 aromatic heterocycles. The van der Waals surface area contributed by atoms with Crippen molar-refractivity contribution in [2.75, 3.05) is 19.0 Å². The molecule has 4 rings (SSSR count). The highest BCUT2D eigenvalue weighted by Gasteiger charge is 2.39. The lowest BCUT2D eigenvalue weighted by Crippen LogP contribution is -2.22. The number of hydrogen-bond acceptors (Lipinski definition) is 5. The van der Waals surface area contributed by atoms with Crippen molar-refractivity contribution in [2.24, 2.45) is 0 Å². The minimum Gasteiger partial charge on any atom is -0.486 e. The molecular formula is C22H19FN4O3. The molecule has 152 valence electrons. The number of benzene rings is 2. The molecule has 0 radical (unpaired) electrons. The molecule has 8 heteroatoms. The normalized spacial score (nSPS) is 17.0. The van der Waals surface area contributed by atoms with Gasteiger partial charge in [0.2, 0.25) is 0 Å². The molecule has 3 aromatic rings. The molecule has 2 N–H and O–H groups in total. The molecule has 0 saturated carbocycles. The Morgan fingerprint density at radius 3 is 2.50 bits per heavy atom. The van der Waals surface area contributed by atoms with Gasteiger partial charge in [-0.3, -0.25) is 9.59 Å². The number of alkyl halides is 1. The highest BCUT2D eigenvalue weighted by Crippen LogP contribution is 2.45. The smallest absolute Gasteiger partial charge is 0.255 e. The second-order valence-electron chi connectivity index (χ2n) is 6.80. The molecule has 30 heavy (non-hydrogen) atoms. The van der Waals surface area contributed by atoms with Gasteiger partial charge in [-0.1, -0.05) is 30.3 Å². The first-order valence-corrected chi connectivity index (χ1v) is 9.36.